The number of hydrogen-bond donors (Lipinski definition) is 0. The highest BCUT2D eigenvalue weighted by Crippen LogP contribution is 2.32. The molecular formula is C17H17N3O3S. The Bertz CT molecular complexity index is 902. The molecule has 0 N–H and O–H groups in total. The topological polar surface area (TPSA) is 68.5 Å². The van der Waals surface area contributed by atoms with Crippen molar-refractivity contribution in [1.29, 1.82) is 0 Å². The van der Waals surface area contributed by atoms with E-state index in [-0.39, 0.29) is 12.0 Å². The van der Waals surface area contributed by atoms with E-state index in [1.54, 1.807) is 18.3 Å². The summed E-state index contributed by atoms with van der Waals surface area (Å²) < 4.78 is 12.3. The van der Waals surface area contributed by atoms with E-state index in [0.717, 1.165) is 20.5 Å². The molecule has 1 saturated heterocycles. The summed E-state index contributed by atoms with van der Waals surface area (Å²) in [7, 11) is 0. The Balaban J connectivity index is 1.60. The molecule has 1 aliphatic rings. The van der Waals surface area contributed by atoms with Crippen LogP contribution in [0.5, 0.6) is 0 Å². The minimum Gasteiger partial charge on any atom is -0.423 e. The zero-order chi connectivity index (χ0) is 16.7. The number of fused-ring (bicyclic) bond motifs is 1. The number of hydrogen-bond acceptors (Lipinski definition) is 6. The van der Waals surface area contributed by atoms with Gasteiger partial charge >= 0.3 is 0 Å². The predicted molar refractivity (Wildman–Crippen MR) is 90.2 cm³/mol. The first-order chi connectivity index (χ1) is 11.6. The van der Waals surface area contributed by atoms with Crippen molar-refractivity contribution in [1.82, 2.24) is 15.1 Å². The molecule has 1 fully saturated rings. The first-order valence-electron chi connectivity index (χ1n) is 7.82. The van der Waals surface area contributed by atoms with Crippen LogP contribution in [-0.4, -0.2) is 40.7 Å². The van der Waals surface area contributed by atoms with Gasteiger partial charge in [-0.3, -0.25) is 4.79 Å². The Labute approximate surface area is 143 Å². The SMILES string of the molecule is Cc1nnc([C@H]2CN(C(=O)c3sc4ccccc4c3C)CCO2)o1. The Morgan fingerprint density at radius 3 is 2.88 bits per heavy atom. The Kier molecular flexibility index (Phi) is 3.82. The van der Waals surface area contributed by atoms with Gasteiger partial charge in [-0.15, -0.1) is 21.5 Å². The molecule has 24 heavy (non-hydrogen) atoms. The summed E-state index contributed by atoms with van der Waals surface area (Å²) in [5.74, 6) is 0.966. The third kappa shape index (κ3) is 2.59. The fourth-order valence-corrected chi connectivity index (χ4v) is 4.12. The number of amides is 1. The second-order valence-corrected chi connectivity index (χ2v) is 6.87. The summed E-state index contributed by atoms with van der Waals surface area (Å²) in [6.07, 6.45) is -0.362. The lowest BCUT2D eigenvalue weighted by atomic mass is 10.1. The predicted octanol–water partition coefficient (Wildman–Crippen LogP) is 3.11. The van der Waals surface area contributed by atoms with Gasteiger partial charge in [0.1, 0.15) is 0 Å². The summed E-state index contributed by atoms with van der Waals surface area (Å²) >= 11 is 1.54. The molecule has 1 amide bonds. The molecule has 0 bridgehead atoms. The van der Waals surface area contributed by atoms with Crippen molar-refractivity contribution < 1.29 is 13.9 Å². The number of thiophene rings is 1. The zero-order valence-electron chi connectivity index (χ0n) is 13.5. The molecule has 1 atom stereocenters. The van der Waals surface area contributed by atoms with Crippen LogP contribution in [0.2, 0.25) is 0 Å². The van der Waals surface area contributed by atoms with E-state index in [9.17, 15) is 4.79 Å². The molecule has 2 aromatic heterocycles. The third-order valence-corrected chi connectivity index (χ3v) is 5.47. The van der Waals surface area contributed by atoms with Crippen LogP contribution in [0.4, 0.5) is 0 Å². The van der Waals surface area contributed by atoms with Crippen molar-refractivity contribution in [2.75, 3.05) is 19.7 Å². The molecule has 6 nitrogen and oxygen atoms in total. The largest absolute Gasteiger partial charge is 0.423 e. The minimum atomic E-state index is -0.362. The lowest BCUT2D eigenvalue weighted by Gasteiger charge is -2.31. The van der Waals surface area contributed by atoms with Gasteiger partial charge in [-0.05, 0) is 23.9 Å². The average molecular weight is 343 g/mol. The number of carbonyl (C=O) groups is 1. The number of aryl methyl sites for hydroxylation is 2. The molecule has 0 aliphatic carbocycles. The van der Waals surface area contributed by atoms with Crippen molar-refractivity contribution in [2.45, 2.75) is 20.0 Å². The Morgan fingerprint density at radius 2 is 2.12 bits per heavy atom. The fraction of sp³-hybridized carbons (Fsp3) is 0.353. The summed E-state index contributed by atoms with van der Waals surface area (Å²) in [6, 6.07) is 8.10. The minimum absolute atomic E-state index is 0.0400. The van der Waals surface area contributed by atoms with Gasteiger partial charge in [0.15, 0.2) is 6.10 Å². The molecule has 0 unspecified atom stereocenters. The maximum atomic E-state index is 13.0. The summed E-state index contributed by atoms with van der Waals surface area (Å²) in [5, 5.41) is 8.99. The van der Waals surface area contributed by atoms with Crippen LogP contribution in [0.15, 0.2) is 28.7 Å². The molecule has 0 spiro atoms. The van der Waals surface area contributed by atoms with Gasteiger partial charge < -0.3 is 14.1 Å². The van der Waals surface area contributed by atoms with Crippen LogP contribution in [-0.2, 0) is 4.74 Å². The quantitative estimate of drug-likeness (QED) is 0.715. The van der Waals surface area contributed by atoms with Crippen LogP contribution < -0.4 is 0 Å². The summed E-state index contributed by atoms with van der Waals surface area (Å²) in [6.45, 7) is 5.19. The van der Waals surface area contributed by atoms with Crippen molar-refractivity contribution in [2.24, 2.45) is 0 Å². The van der Waals surface area contributed by atoms with Crippen LogP contribution in [0.1, 0.15) is 33.1 Å². The standard InChI is InChI=1S/C17H17N3O3S/c1-10-12-5-3-4-6-14(12)24-15(10)17(21)20-7-8-22-13(9-20)16-19-18-11(2)23-16/h3-6,13H,7-9H2,1-2H3/t13-/m1/s1. The van der Waals surface area contributed by atoms with Crippen molar-refractivity contribution in [3.8, 4) is 0 Å². The van der Waals surface area contributed by atoms with E-state index in [2.05, 4.69) is 16.3 Å². The first-order valence-corrected chi connectivity index (χ1v) is 8.64. The van der Waals surface area contributed by atoms with E-state index in [1.807, 2.05) is 30.0 Å². The van der Waals surface area contributed by atoms with Crippen molar-refractivity contribution >= 4 is 27.3 Å². The number of rotatable bonds is 2. The first kappa shape index (κ1) is 15.3. The second kappa shape index (κ2) is 5.99. The number of nitrogens with zero attached hydrogens (tertiary/aromatic N) is 3. The van der Waals surface area contributed by atoms with Gasteiger partial charge in [0.05, 0.1) is 18.0 Å². The molecule has 3 aromatic rings. The summed E-state index contributed by atoms with van der Waals surface area (Å²) in [4.78, 5) is 15.6. The van der Waals surface area contributed by atoms with Gasteiger partial charge in [-0.2, -0.15) is 0 Å². The normalized spacial score (nSPS) is 18.2. The van der Waals surface area contributed by atoms with Gasteiger partial charge in [0.2, 0.25) is 11.8 Å². The highest BCUT2D eigenvalue weighted by atomic mass is 32.1. The summed E-state index contributed by atoms with van der Waals surface area (Å²) in [5.41, 5.74) is 1.04. The zero-order valence-corrected chi connectivity index (χ0v) is 14.3. The molecule has 0 saturated carbocycles. The van der Waals surface area contributed by atoms with Gasteiger partial charge in [-0.1, -0.05) is 18.2 Å². The van der Waals surface area contributed by atoms with E-state index in [0.29, 0.717) is 31.5 Å². The second-order valence-electron chi connectivity index (χ2n) is 5.82. The molecule has 0 radical (unpaired) electrons. The van der Waals surface area contributed by atoms with E-state index in [4.69, 9.17) is 9.15 Å². The number of ether oxygens (including phenoxy) is 1. The maximum Gasteiger partial charge on any atom is 0.264 e. The van der Waals surface area contributed by atoms with Gasteiger partial charge in [-0.25, -0.2) is 0 Å². The molecule has 4 rings (SSSR count). The van der Waals surface area contributed by atoms with Crippen molar-refractivity contribution in [3.63, 3.8) is 0 Å². The molecule has 1 aromatic carbocycles. The monoisotopic (exact) mass is 343 g/mol. The fourth-order valence-electron chi connectivity index (χ4n) is 2.95. The molecular weight excluding hydrogens is 326 g/mol. The van der Waals surface area contributed by atoms with Crippen molar-refractivity contribution in [3.05, 3.63) is 46.5 Å². The lowest BCUT2D eigenvalue weighted by molar-refractivity contribution is -0.0348. The number of benzene rings is 1. The highest BCUT2D eigenvalue weighted by molar-refractivity contribution is 7.21. The van der Waals surface area contributed by atoms with Gasteiger partial charge in [0.25, 0.3) is 5.91 Å². The Hall–Kier alpha value is -2.25. The molecule has 7 heteroatoms. The van der Waals surface area contributed by atoms with Crippen LogP contribution in [0.3, 0.4) is 0 Å². The van der Waals surface area contributed by atoms with E-state index in [1.165, 1.54) is 0 Å². The Morgan fingerprint density at radius 1 is 1.29 bits per heavy atom. The highest BCUT2D eigenvalue weighted by Gasteiger charge is 2.31. The molecule has 124 valence electrons. The number of carbonyl (C=O) groups excluding carboxylic acids is 1. The number of aromatic nitrogens is 2. The lowest BCUT2D eigenvalue weighted by Crippen LogP contribution is -2.42. The molecule has 3 heterocycles. The third-order valence-electron chi connectivity index (χ3n) is 4.21. The van der Waals surface area contributed by atoms with Gasteiger partial charge in [0, 0.05) is 18.2 Å². The average Bonchev–Trinajstić information content (AvgIpc) is 3.19. The van der Waals surface area contributed by atoms with Crippen LogP contribution in [0.25, 0.3) is 10.1 Å². The smallest absolute Gasteiger partial charge is 0.264 e. The van der Waals surface area contributed by atoms with Crippen LogP contribution >= 0.6 is 11.3 Å². The van der Waals surface area contributed by atoms with E-state index >= 15 is 0 Å². The number of morpholine rings is 1. The van der Waals surface area contributed by atoms with Crippen LogP contribution in [0, 0.1) is 13.8 Å². The maximum absolute atomic E-state index is 13.0. The van der Waals surface area contributed by atoms with E-state index < -0.39 is 0 Å². The molecule has 1 aliphatic heterocycles.